The summed E-state index contributed by atoms with van der Waals surface area (Å²) in [6.45, 7) is 0. The number of rotatable bonds is 2. The second-order valence-corrected chi connectivity index (χ2v) is 3.86. The molecule has 0 spiro atoms. The van der Waals surface area contributed by atoms with Crippen LogP contribution in [0.2, 0.25) is 0 Å². The summed E-state index contributed by atoms with van der Waals surface area (Å²) in [6, 6.07) is 1.90. The maximum Gasteiger partial charge on any atom is 0.223 e. The third-order valence-corrected chi connectivity index (χ3v) is 2.81. The van der Waals surface area contributed by atoms with Crippen LogP contribution >= 0.6 is 0 Å². The van der Waals surface area contributed by atoms with Gasteiger partial charge in [0.2, 0.25) is 5.91 Å². The minimum absolute atomic E-state index is 0.157. The third-order valence-electron chi connectivity index (χ3n) is 2.81. The molecule has 0 unspecified atom stereocenters. The number of hydrogen-bond acceptors (Lipinski definition) is 1. The lowest BCUT2D eigenvalue weighted by Crippen LogP contribution is -2.20. The quantitative estimate of drug-likeness (QED) is 0.771. The highest BCUT2D eigenvalue weighted by molar-refractivity contribution is 5.82. The third kappa shape index (κ3) is 1.77. The SMILES string of the molecule is CNC(=O)[C@H]1C[C@@H]1c1cc(F)c(F)c(F)c1. The van der Waals surface area contributed by atoms with E-state index in [0.717, 1.165) is 12.1 Å². The Hall–Kier alpha value is -1.52. The molecule has 0 radical (unpaired) electrons. The highest BCUT2D eigenvalue weighted by atomic mass is 19.2. The van der Waals surface area contributed by atoms with Gasteiger partial charge in [-0.15, -0.1) is 0 Å². The summed E-state index contributed by atoms with van der Waals surface area (Å²) in [4.78, 5) is 11.2. The van der Waals surface area contributed by atoms with Gasteiger partial charge in [0.15, 0.2) is 17.5 Å². The second-order valence-electron chi connectivity index (χ2n) is 3.86. The predicted molar refractivity (Wildman–Crippen MR) is 51.2 cm³/mol. The maximum absolute atomic E-state index is 12.9. The number of nitrogens with one attached hydrogen (secondary N) is 1. The van der Waals surface area contributed by atoms with Crippen molar-refractivity contribution in [1.82, 2.24) is 5.32 Å². The summed E-state index contributed by atoms with van der Waals surface area (Å²) >= 11 is 0. The van der Waals surface area contributed by atoms with Gasteiger partial charge in [0.25, 0.3) is 0 Å². The topological polar surface area (TPSA) is 29.1 Å². The molecular weight excluding hydrogens is 219 g/mol. The van der Waals surface area contributed by atoms with Crippen LogP contribution in [0.25, 0.3) is 0 Å². The lowest BCUT2D eigenvalue weighted by Gasteiger charge is -2.02. The number of carbonyl (C=O) groups excluding carboxylic acids is 1. The molecule has 1 saturated carbocycles. The Morgan fingerprint density at radius 1 is 1.31 bits per heavy atom. The maximum atomic E-state index is 12.9. The summed E-state index contributed by atoms with van der Waals surface area (Å²) in [5.74, 6) is -4.51. The largest absolute Gasteiger partial charge is 0.359 e. The van der Waals surface area contributed by atoms with E-state index in [-0.39, 0.29) is 17.7 Å². The summed E-state index contributed by atoms with van der Waals surface area (Å²) in [5.41, 5.74) is 0.338. The number of carbonyl (C=O) groups is 1. The van der Waals surface area contributed by atoms with Crippen molar-refractivity contribution in [1.29, 1.82) is 0 Å². The molecule has 2 atom stereocenters. The molecule has 1 aromatic rings. The monoisotopic (exact) mass is 229 g/mol. The van der Waals surface area contributed by atoms with Crippen molar-refractivity contribution in [3.8, 4) is 0 Å². The Morgan fingerprint density at radius 2 is 1.88 bits per heavy atom. The van der Waals surface area contributed by atoms with E-state index in [2.05, 4.69) is 5.32 Å². The highest BCUT2D eigenvalue weighted by Crippen LogP contribution is 2.47. The predicted octanol–water partition coefficient (Wildman–Crippen LogP) is 1.95. The van der Waals surface area contributed by atoms with Crippen LogP contribution < -0.4 is 5.32 Å². The standard InChI is InChI=1S/C11H10F3NO/c1-15-11(16)7-4-6(7)5-2-8(12)10(14)9(13)3-5/h2-3,6-7H,4H2,1H3,(H,15,16)/t6-,7+/m1/s1. The van der Waals surface area contributed by atoms with E-state index >= 15 is 0 Å². The van der Waals surface area contributed by atoms with Crippen LogP contribution in [-0.2, 0) is 4.79 Å². The molecule has 0 aromatic heterocycles. The minimum Gasteiger partial charge on any atom is -0.359 e. The van der Waals surface area contributed by atoms with Crippen LogP contribution in [0.3, 0.4) is 0 Å². The first-order valence-electron chi connectivity index (χ1n) is 4.90. The van der Waals surface area contributed by atoms with Crippen molar-refractivity contribution in [2.45, 2.75) is 12.3 Å². The Balaban J connectivity index is 2.22. The van der Waals surface area contributed by atoms with Crippen molar-refractivity contribution < 1.29 is 18.0 Å². The molecule has 2 nitrogen and oxygen atoms in total. The summed E-state index contributed by atoms with van der Waals surface area (Å²) in [6.07, 6.45) is 0.546. The Bertz CT molecular complexity index is 424. The molecule has 0 saturated heterocycles. The zero-order chi connectivity index (χ0) is 11.9. The van der Waals surface area contributed by atoms with E-state index in [0.29, 0.717) is 12.0 Å². The Labute approximate surface area is 90.5 Å². The van der Waals surface area contributed by atoms with Gasteiger partial charge in [0, 0.05) is 13.0 Å². The van der Waals surface area contributed by atoms with Crippen LogP contribution in [0.15, 0.2) is 12.1 Å². The first kappa shape index (κ1) is 11.0. The van der Waals surface area contributed by atoms with Crippen molar-refractivity contribution in [2.24, 2.45) is 5.92 Å². The number of benzene rings is 1. The van der Waals surface area contributed by atoms with Crippen molar-refractivity contribution >= 4 is 5.91 Å². The van der Waals surface area contributed by atoms with Crippen LogP contribution in [0.5, 0.6) is 0 Å². The van der Waals surface area contributed by atoms with Gasteiger partial charge in [-0.3, -0.25) is 4.79 Å². The van der Waals surface area contributed by atoms with Gasteiger partial charge in [0.05, 0.1) is 0 Å². The molecule has 16 heavy (non-hydrogen) atoms. The fraction of sp³-hybridized carbons (Fsp3) is 0.364. The first-order valence-corrected chi connectivity index (χ1v) is 4.90. The summed E-state index contributed by atoms with van der Waals surface area (Å²) < 4.78 is 38.5. The van der Waals surface area contributed by atoms with Crippen molar-refractivity contribution in [3.05, 3.63) is 35.1 Å². The number of amides is 1. The molecule has 86 valence electrons. The molecule has 1 aromatic carbocycles. The average molecular weight is 229 g/mol. The van der Waals surface area contributed by atoms with Gasteiger partial charge < -0.3 is 5.32 Å². The van der Waals surface area contributed by atoms with E-state index in [9.17, 15) is 18.0 Å². The van der Waals surface area contributed by atoms with Crippen LogP contribution in [-0.4, -0.2) is 13.0 Å². The molecule has 1 aliphatic rings. The lowest BCUT2D eigenvalue weighted by atomic mass is 10.1. The van der Waals surface area contributed by atoms with Gasteiger partial charge in [-0.2, -0.15) is 0 Å². The fourth-order valence-corrected chi connectivity index (χ4v) is 1.83. The molecule has 1 N–H and O–H groups in total. The van der Waals surface area contributed by atoms with Crippen LogP contribution in [0, 0.1) is 23.4 Å². The van der Waals surface area contributed by atoms with E-state index in [1.807, 2.05) is 0 Å². The highest BCUT2D eigenvalue weighted by Gasteiger charge is 2.44. The molecule has 0 bridgehead atoms. The molecule has 1 amide bonds. The molecule has 0 aliphatic heterocycles. The van der Waals surface area contributed by atoms with Crippen molar-refractivity contribution in [3.63, 3.8) is 0 Å². The minimum atomic E-state index is -1.47. The zero-order valence-corrected chi connectivity index (χ0v) is 8.56. The zero-order valence-electron chi connectivity index (χ0n) is 8.56. The van der Waals surface area contributed by atoms with Crippen LogP contribution in [0.1, 0.15) is 17.9 Å². The average Bonchev–Trinajstić information content (AvgIpc) is 3.04. The number of hydrogen-bond donors (Lipinski definition) is 1. The van der Waals surface area contributed by atoms with E-state index in [1.54, 1.807) is 0 Å². The second kappa shape index (κ2) is 3.81. The van der Waals surface area contributed by atoms with Gasteiger partial charge in [-0.1, -0.05) is 0 Å². The first-order chi connectivity index (χ1) is 7.54. The molecule has 0 heterocycles. The molecular formula is C11H10F3NO. The van der Waals surface area contributed by atoms with E-state index in [4.69, 9.17) is 0 Å². The normalized spacial score (nSPS) is 23.0. The fourth-order valence-electron chi connectivity index (χ4n) is 1.83. The molecule has 2 rings (SSSR count). The number of halogens is 3. The summed E-state index contributed by atoms with van der Waals surface area (Å²) in [5, 5.41) is 2.47. The Morgan fingerprint density at radius 3 is 2.38 bits per heavy atom. The Kier molecular flexibility index (Phi) is 2.61. The molecule has 1 fully saturated rings. The van der Waals surface area contributed by atoms with Gasteiger partial charge in [0.1, 0.15) is 0 Å². The molecule has 5 heteroatoms. The lowest BCUT2D eigenvalue weighted by molar-refractivity contribution is -0.121. The van der Waals surface area contributed by atoms with E-state index < -0.39 is 17.5 Å². The van der Waals surface area contributed by atoms with Gasteiger partial charge in [-0.25, -0.2) is 13.2 Å². The van der Waals surface area contributed by atoms with E-state index in [1.165, 1.54) is 7.05 Å². The smallest absolute Gasteiger partial charge is 0.223 e. The van der Waals surface area contributed by atoms with Gasteiger partial charge >= 0.3 is 0 Å². The van der Waals surface area contributed by atoms with Crippen molar-refractivity contribution in [2.75, 3.05) is 7.05 Å². The molecule has 1 aliphatic carbocycles. The van der Waals surface area contributed by atoms with Crippen LogP contribution in [0.4, 0.5) is 13.2 Å². The summed E-state index contributed by atoms with van der Waals surface area (Å²) in [7, 11) is 1.50. The van der Waals surface area contributed by atoms with Gasteiger partial charge in [-0.05, 0) is 30.0 Å².